The van der Waals surface area contributed by atoms with E-state index in [1.54, 1.807) is 6.33 Å². The van der Waals surface area contributed by atoms with Crippen molar-refractivity contribution in [3.05, 3.63) is 18.1 Å². The molecule has 1 aromatic heterocycles. The van der Waals surface area contributed by atoms with Gasteiger partial charge in [-0.15, -0.1) is 0 Å². The molecule has 22 heavy (non-hydrogen) atoms. The fraction of sp³-hybridized carbons (Fsp3) is 0.688. The van der Waals surface area contributed by atoms with Crippen LogP contribution in [0.3, 0.4) is 0 Å². The molecule has 2 N–H and O–H groups in total. The van der Waals surface area contributed by atoms with E-state index in [-0.39, 0.29) is 5.91 Å². The Bertz CT molecular complexity index is 471. The second-order valence-electron chi connectivity index (χ2n) is 5.76. The minimum absolute atomic E-state index is 0.170. The Morgan fingerprint density at radius 1 is 1.36 bits per heavy atom. The fourth-order valence-electron chi connectivity index (χ4n) is 2.73. The van der Waals surface area contributed by atoms with Gasteiger partial charge in [-0.25, -0.2) is 9.97 Å². The second kappa shape index (κ2) is 8.68. The molecule has 0 unspecified atom stereocenters. The predicted molar refractivity (Wildman–Crippen MR) is 87.9 cm³/mol. The van der Waals surface area contributed by atoms with Crippen LogP contribution in [-0.4, -0.2) is 48.6 Å². The van der Waals surface area contributed by atoms with E-state index in [0.29, 0.717) is 12.5 Å². The summed E-state index contributed by atoms with van der Waals surface area (Å²) < 4.78 is 0. The highest BCUT2D eigenvalue weighted by molar-refractivity contribution is 5.76. The number of nitrogens with zero attached hydrogens (tertiary/aromatic N) is 3. The lowest BCUT2D eigenvalue weighted by Crippen LogP contribution is -2.45. The summed E-state index contributed by atoms with van der Waals surface area (Å²) >= 11 is 0. The maximum absolute atomic E-state index is 11.8. The van der Waals surface area contributed by atoms with Crippen molar-refractivity contribution in [2.45, 2.75) is 45.1 Å². The number of nitrogens with one attached hydrogen (secondary N) is 2. The Morgan fingerprint density at radius 2 is 2.14 bits per heavy atom. The number of aryl methyl sites for hydroxylation is 1. The molecule has 2 rings (SSSR count). The molecule has 2 heterocycles. The van der Waals surface area contributed by atoms with Crippen molar-refractivity contribution in [1.82, 2.24) is 20.6 Å². The Labute approximate surface area is 132 Å². The van der Waals surface area contributed by atoms with Gasteiger partial charge in [0.05, 0.1) is 0 Å². The lowest BCUT2D eigenvalue weighted by Gasteiger charge is -2.33. The zero-order valence-electron chi connectivity index (χ0n) is 13.6. The molecule has 0 spiro atoms. The third-order valence-corrected chi connectivity index (χ3v) is 4.09. The first-order chi connectivity index (χ1) is 10.7. The number of amides is 1. The van der Waals surface area contributed by atoms with Crippen molar-refractivity contribution in [3.63, 3.8) is 0 Å². The van der Waals surface area contributed by atoms with Crippen LogP contribution in [0.15, 0.2) is 12.4 Å². The molecule has 1 amide bonds. The van der Waals surface area contributed by atoms with Crippen molar-refractivity contribution in [2.75, 3.05) is 31.6 Å². The van der Waals surface area contributed by atoms with Gasteiger partial charge in [0.25, 0.3) is 0 Å². The summed E-state index contributed by atoms with van der Waals surface area (Å²) in [5, 5.41) is 6.21. The second-order valence-corrected chi connectivity index (χ2v) is 5.76. The standard InChI is InChI=1S/C16H27N5O/c1-3-13-11-15(19-12-18-13)21-9-6-14(7-10-21)20-16(22)5-4-8-17-2/h11-12,14,17H,3-10H2,1-2H3,(H,20,22). The molecular weight excluding hydrogens is 278 g/mol. The number of hydrogen-bond acceptors (Lipinski definition) is 5. The lowest BCUT2D eigenvalue weighted by atomic mass is 10.0. The summed E-state index contributed by atoms with van der Waals surface area (Å²) in [6, 6.07) is 2.36. The molecule has 0 bridgehead atoms. The van der Waals surface area contributed by atoms with Gasteiger partial charge in [-0.05, 0) is 39.3 Å². The number of hydrogen-bond donors (Lipinski definition) is 2. The zero-order chi connectivity index (χ0) is 15.8. The van der Waals surface area contributed by atoms with Gasteiger partial charge >= 0.3 is 0 Å². The number of piperidine rings is 1. The average Bonchev–Trinajstić information content (AvgIpc) is 2.56. The number of carbonyl (C=O) groups is 1. The molecule has 1 aliphatic heterocycles. The van der Waals surface area contributed by atoms with Crippen molar-refractivity contribution in [2.24, 2.45) is 0 Å². The summed E-state index contributed by atoms with van der Waals surface area (Å²) in [7, 11) is 1.91. The summed E-state index contributed by atoms with van der Waals surface area (Å²) in [5.74, 6) is 1.18. The zero-order valence-corrected chi connectivity index (χ0v) is 13.6. The summed E-state index contributed by atoms with van der Waals surface area (Å²) in [6.45, 7) is 4.85. The van der Waals surface area contributed by atoms with E-state index in [0.717, 1.165) is 56.8 Å². The molecule has 0 radical (unpaired) electrons. The predicted octanol–water partition coefficient (Wildman–Crippen LogP) is 1.12. The smallest absolute Gasteiger partial charge is 0.220 e. The molecule has 6 heteroatoms. The molecular formula is C16H27N5O. The van der Waals surface area contributed by atoms with E-state index in [1.807, 2.05) is 7.05 Å². The number of carbonyl (C=O) groups excluding carboxylic acids is 1. The molecule has 1 fully saturated rings. The van der Waals surface area contributed by atoms with Gasteiger partial charge in [-0.2, -0.15) is 0 Å². The fourth-order valence-corrected chi connectivity index (χ4v) is 2.73. The Morgan fingerprint density at radius 3 is 2.82 bits per heavy atom. The van der Waals surface area contributed by atoms with Crippen LogP contribution in [-0.2, 0) is 11.2 Å². The Kier molecular flexibility index (Phi) is 6.58. The minimum Gasteiger partial charge on any atom is -0.356 e. The van der Waals surface area contributed by atoms with Crippen molar-refractivity contribution in [1.29, 1.82) is 0 Å². The average molecular weight is 305 g/mol. The quantitative estimate of drug-likeness (QED) is 0.739. The van der Waals surface area contributed by atoms with Gasteiger partial charge in [0.2, 0.25) is 5.91 Å². The maximum Gasteiger partial charge on any atom is 0.220 e. The molecule has 6 nitrogen and oxygen atoms in total. The van der Waals surface area contributed by atoms with Crippen LogP contribution >= 0.6 is 0 Å². The van der Waals surface area contributed by atoms with Gasteiger partial charge in [0.15, 0.2) is 0 Å². The normalized spacial score (nSPS) is 15.8. The summed E-state index contributed by atoms with van der Waals surface area (Å²) in [6.07, 6.45) is 6.01. The van der Waals surface area contributed by atoms with E-state index in [2.05, 4.69) is 38.5 Å². The molecule has 1 aromatic rings. The van der Waals surface area contributed by atoms with Gasteiger partial charge < -0.3 is 15.5 Å². The largest absolute Gasteiger partial charge is 0.356 e. The first-order valence-corrected chi connectivity index (χ1v) is 8.22. The first kappa shape index (κ1) is 16.7. The maximum atomic E-state index is 11.8. The minimum atomic E-state index is 0.170. The monoisotopic (exact) mass is 305 g/mol. The number of anilines is 1. The van der Waals surface area contributed by atoms with Gasteiger partial charge in [-0.3, -0.25) is 4.79 Å². The molecule has 0 atom stereocenters. The van der Waals surface area contributed by atoms with Crippen LogP contribution in [0.25, 0.3) is 0 Å². The SMILES string of the molecule is CCc1cc(N2CCC(NC(=O)CCCNC)CC2)ncn1. The molecule has 122 valence electrons. The molecule has 0 aliphatic carbocycles. The van der Waals surface area contributed by atoms with Crippen LogP contribution in [0.1, 0.15) is 38.3 Å². The highest BCUT2D eigenvalue weighted by Crippen LogP contribution is 2.18. The summed E-state index contributed by atoms with van der Waals surface area (Å²) in [4.78, 5) is 22.7. The molecule has 1 aliphatic rings. The van der Waals surface area contributed by atoms with Crippen LogP contribution in [0.5, 0.6) is 0 Å². The summed E-state index contributed by atoms with van der Waals surface area (Å²) in [5.41, 5.74) is 1.07. The van der Waals surface area contributed by atoms with E-state index in [9.17, 15) is 4.79 Å². The van der Waals surface area contributed by atoms with E-state index < -0.39 is 0 Å². The highest BCUT2D eigenvalue weighted by atomic mass is 16.1. The van der Waals surface area contributed by atoms with E-state index >= 15 is 0 Å². The van der Waals surface area contributed by atoms with Crippen molar-refractivity contribution >= 4 is 11.7 Å². The van der Waals surface area contributed by atoms with Gasteiger partial charge in [0.1, 0.15) is 12.1 Å². The molecule has 1 saturated heterocycles. The van der Waals surface area contributed by atoms with Crippen LogP contribution in [0.4, 0.5) is 5.82 Å². The first-order valence-electron chi connectivity index (χ1n) is 8.22. The van der Waals surface area contributed by atoms with E-state index in [4.69, 9.17) is 0 Å². The molecule has 0 saturated carbocycles. The Balaban J connectivity index is 1.76. The van der Waals surface area contributed by atoms with Crippen molar-refractivity contribution < 1.29 is 4.79 Å². The van der Waals surface area contributed by atoms with Crippen LogP contribution < -0.4 is 15.5 Å². The highest BCUT2D eigenvalue weighted by Gasteiger charge is 2.21. The molecule has 0 aromatic carbocycles. The number of aromatic nitrogens is 2. The lowest BCUT2D eigenvalue weighted by molar-refractivity contribution is -0.122. The van der Waals surface area contributed by atoms with Gasteiger partial charge in [-0.1, -0.05) is 6.92 Å². The van der Waals surface area contributed by atoms with Crippen LogP contribution in [0.2, 0.25) is 0 Å². The Hall–Kier alpha value is -1.69. The van der Waals surface area contributed by atoms with Crippen LogP contribution in [0, 0.1) is 0 Å². The van der Waals surface area contributed by atoms with E-state index in [1.165, 1.54) is 0 Å². The van der Waals surface area contributed by atoms with Gasteiger partial charge in [0, 0.05) is 37.3 Å². The number of rotatable bonds is 7. The third kappa shape index (κ3) is 4.94. The van der Waals surface area contributed by atoms with Crippen molar-refractivity contribution in [3.8, 4) is 0 Å². The third-order valence-electron chi connectivity index (χ3n) is 4.09. The topological polar surface area (TPSA) is 70.2 Å².